The summed E-state index contributed by atoms with van der Waals surface area (Å²) in [6, 6.07) is 12.1. The van der Waals surface area contributed by atoms with Gasteiger partial charge >= 0.3 is 0 Å². The topological polar surface area (TPSA) is 83.7 Å². The van der Waals surface area contributed by atoms with Gasteiger partial charge in [-0.05, 0) is 56.5 Å². The molecule has 2 amide bonds. The van der Waals surface area contributed by atoms with Gasteiger partial charge in [-0.1, -0.05) is 41.4 Å². The second-order valence-electron chi connectivity index (χ2n) is 7.63. The number of amides is 2. The van der Waals surface area contributed by atoms with Crippen molar-refractivity contribution in [3.8, 4) is 0 Å². The summed E-state index contributed by atoms with van der Waals surface area (Å²) in [4.78, 5) is 25.4. The molecule has 0 bridgehead atoms. The molecule has 0 atom stereocenters. The standard InChI is InChI=1S/C24H21Cl2N3O3/c1-13-6-3-4-7-18(13)23(30)29-28-19-8-5-9-20-21(19)14(2)22(32-20)24(31)27-17-11-15(25)10-16(26)12-17/h3-4,6-7,10-12H,5,8-9H2,1-2H3,(H,27,31)(H,29,30)/b28-19+. The third-order valence-corrected chi connectivity index (χ3v) is 5.77. The molecule has 4 rings (SSSR count). The summed E-state index contributed by atoms with van der Waals surface area (Å²) in [5.74, 6) is 0.205. The first-order valence-electron chi connectivity index (χ1n) is 10.2. The number of hydrogen-bond acceptors (Lipinski definition) is 4. The molecule has 1 aromatic heterocycles. The van der Waals surface area contributed by atoms with Crippen LogP contribution in [-0.4, -0.2) is 17.5 Å². The zero-order valence-electron chi connectivity index (χ0n) is 17.6. The van der Waals surface area contributed by atoms with Crippen molar-refractivity contribution in [3.63, 3.8) is 0 Å². The Morgan fingerprint density at radius 2 is 1.72 bits per heavy atom. The van der Waals surface area contributed by atoms with Crippen LogP contribution >= 0.6 is 23.2 Å². The van der Waals surface area contributed by atoms with Crippen LogP contribution in [-0.2, 0) is 6.42 Å². The summed E-state index contributed by atoms with van der Waals surface area (Å²) in [5.41, 5.74) is 6.70. The van der Waals surface area contributed by atoms with Gasteiger partial charge in [-0.2, -0.15) is 5.10 Å². The zero-order chi connectivity index (χ0) is 22.8. The van der Waals surface area contributed by atoms with Gasteiger partial charge in [0.25, 0.3) is 11.8 Å². The fourth-order valence-corrected chi connectivity index (χ4v) is 4.34. The number of benzene rings is 2. The van der Waals surface area contributed by atoms with Crippen LogP contribution in [0.25, 0.3) is 0 Å². The highest BCUT2D eigenvalue weighted by molar-refractivity contribution is 6.35. The first-order valence-corrected chi connectivity index (χ1v) is 10.9. The number of carbonyl (C=O) groups is 2. The molecule has 6 nitrogen and oxygen atoms in total. The number of fused-ring (bicyclic) bond motifs is 1. The van der Waals surface area contributed by atoms with Gasteiger partial charge in [-0.3, -0.25) is 9.59 Å². The molecule has 2 N–H and O–H groups in total. The number of halogens is 2. The van der Waals surface area contributed by atoms with Crippen LogP contribution < -0.4 is 10.7 Å². The molecular formula is C24H21Cl2N3O3. The van der Waals surface area contributed by atoms with Crippen molar-refractivity contribution >= 4 is 46.4 Å². The van der Waals surface area contributed by atoms with Crippen LogP contribution in [0.4, 0.5) is 5.69 Å². The summed E-state index contributed by atoms with van der Waals surface area (Å²) in [6.45, 7) is 3.69. The van der Waals surface area contributed by atoms with Crippen LogP contribution in [0.5, 0.6) is 0 Å². The van der Waals surface area contributed by atoms with Crippen molar-refractivity contribution in [2.24, 2.45) is 5.10 Å². The highest BCUT2D eigenvalue weighted by atomic mass is 35.5. The predicted molar refractivity (Wildman–Crippen MR) is 126 cm³/mol. The van der Waals surface area contributed by atoms with Crippen molar-refractivity contribution < 1.29 is 14.0 Å². The Hall–Kier alpha value is -3.09. The van der Waals surface area contributed by atoms with Gasteiger partial charge < -0.3 is 9.73 Å². The number of hydrogen-bond donors (Lipinski definition) is 2. The molecule has 1 aliphatic carbocycles. The largest absolute Gasteiger partial charge is 0.455 e. The molecular weight excluding hydrogens is 449 g/mol. The quantitative estimate of drug-likeness (QED) is 0.464. The van der Waals surface area contributed by atoms with Crippen molar-refractivity contribution in [2.45, 2.75) is 33.1 Å². The van der Waals surface area contributed by atoms with E-state index in [1.807, 2.05) is 32.0 Å². The van der Waals surface area contributed by atoms with Gasteiger partial charge in [0.1, 0.15) is 5.76 Å². The molecule has 0 fully saturated rings. The minimum Gasteiger partial charge on any atom is -0.455 e. The van der Waals surface area contributed by atoms with E-state index in [1.54, 1.807) is 24.3 Å². The molecule has 3 aromatic rings. The van der Waals surface area contributed by atoms with Crippen LogP contribution in [0.2, 0.25) is 10.0 Å². The molecule has 164 valence electrons. The van der Waals surface area contributed by atoms with Gasteiger partial charge in [0.2, 0.25) is 0 Å². The van der Waals surface area contributed by atoms with Crippen LogP contribution in [0.3, 0.4) is 0 Å². The number of furan rings is 1. The van der Waals surface area contributed by atoms with Gasteiger partial charge in [0.05, 0.1) is 5.71 Å². The van der Waals surface area contributed by atoms with Crippen molar-refractivity contribution in [2.75, 3.05) is 5.32 Å². The van der Waals surface area contributed by atoms with E-state index in [9.17, 15) is 9.59 Å². The summed E-state index contributed by atoms with van der Waals surface area (Å²) in [6.07, 6.45) is 2.17. The first kappa shape index (κ1) is 22.1. The molecule has 1 aliphatic rings. The molecule has 0 saturated heterocycles. The summed E-state index contributed by atoms with van der Waals surface area (Å²) < 4.78 is 5.90. The van der Waals surface area contributed by atoms with Gasteiger partial charge in [-0.25, -0.2) is 5.43 Å². The van der Waals surface area contributed by atoms with E-state index in [4.69, 9.17) is 27.6 Å². The number of carbonyl (C=O) groups excluding carboxylic acids is 2. The number of nitrogens with one attached hydrogen (secondary N) is 2. The molecule has 0 unspecified atom stereocenters. The fourth-order valence-electron chi connectivity index (χ4n) is 3.82. The Morgan fingerprint density at radius 3 is 2.44 bits per heavy atom. The van der Waals surface area contributed by atoms with E-state index in [0.29, 0.717) is 51.2 Å². The Labute approximate surface area is 195 Å². The van der Waals surface area contributed by atoms with Gasteiger partial charge in [0.15, 0.2) is 5.76 Å². The maximum atomic E-state index is 12.9. The second kappa shape index (κ2) is 9.18. The molecule has 2 aromatic carbocycles. The van der Waals surface area contributed by atoms with E-state index >= 15 is 0 Å². The maximum absolute atomic E-state index is 12.9. The lowest BCUT2D eigenvalue weighted by atomic mass is 9.93. The lowest BCUT2D eigenvalue weighted by molar-refractivity contribution is 0.0953. The molecule has 0 spiro atoms. The van der Waals surface area contributed by atoms with E-state index in [1.165, 1.54) is 0 Å². The summed E-state index contributed by atoms with van der Waals surface area (Å²) >= 11 is 12.0. The van der Waals surface area contributed by atoms with Crippen LogP contribution in [0, 0.1) is 13.8 Å². The summed E-state index contributed by atoms with van der Waals surface area (Å²) in [7, 11) is 0. The molecule has 0 radical (unpaired) electrons. The molecule has 32 heavy (non-hydrogen) atoms. The molecule has 1 heterocycles. The third-order valence-electron chi connectivity index (χ3n) is 5.33. The third kappa shape index (κ3) is 4.56. The average Bonchev–Trinajstić information content (AvgIpc) is 3.09. The fraction of sp³-hybridized carbons (Fsp3) is 0.208. The Kier molecular flexibility index (Phi) is 6.35. The Balaban J connectivity index is 1.58. The SMILES string of the molecule is Cc1ccccc1C(=O)N/N=C1\CCCc2oc(C(=O)Nc3cc(Cl)cc(Cl)c3)c(C)c21. The highest BCUT2D eigenvalue weighted by Gasteiger charge is 2.28. The molecule has 0 saturated carbocycles. The van der Waals surface area contributed by atoms with E-state index < -0.39 is 5.91 Å². The van der Waals surface area contributed by atoms with Gasteiger partial charge in [0, 0.05) is 38.8 Å². The maximum Gasteiger partial charge on any atom is 0.291 e. The average molecular weight is 470 g/mol. The Bertz CT molecular complexity index is 1230. The van der Waals surface area contributed by atoms with Crippen LogP contribution in [0.1, 0.15) is 56.2 Å². The van der Waals surface area contributed by atoms with Crippen LogP contribution in [0.15, 0.2) is 52.0 Å². The number of hydrazone groups is 1. The second-order valence-corrected chi connectivity index (χ2v) is 8.51. The lowest BCUT2D eigenvalue weighted by Crippen LogP contribution is -2.22. The van der Waals surface area contributed by atoms with E-state index in [0.717, 1.165) is 17.5 Å². The van der Waals surface area contributed by atoms with Crippen molar-refractivity contribution in [1.82, 2.24) is 5.43 Å². The minimum atomic E-state index is -0.404. The lowest BCUT2D eigenvalue weighted by Gasteiger charge is -2.13. The van der Waals surface area contributed by atoms with Crippen molar-refractivity contribution in [3.05, 3.63) is 86.3 Å². The summed E-state index contributed by atoms with van der Waals surface area (Å²) in [5, 5.41) is 7.98. The first-order chi connectivity index (χ1) is 15.3. The van der Waals surface area contributed by atoms with Crippen molar-refractivity contribution in [1.29, 1.82) is 0 Å². The molecule has 0 aliphatic heterocycles. The normalized spacial score (nSPS) is 14.2. The molecule has 8 heteroatoms. The van der Waals surface area contributed by atoms with Gasteiger partial charge in [-0.15, -0.1) is 0 Å². The zero-order valence-corrected chi connectivity index (χ0v) is 19.1. The number of anilines is 1. The highest BCUT2D eigenvalue weighted by Crippen LogP contribution is 2.31. The number of aryl methyl sites for hydroxylation is 2. The minimum absolute atomic E-state index is 0.200. The van der Waals surface area contributed by atoms with E-state index in [2.05, 4.69) is 15.8 Å². The predicted octanol–water partition coefficient (Wildman–Crippen LogP) is 5.93. The smallest absolute Gasteiger partial charge is 0.291 e. The van der Waals surface area contributed by atoms with E-state index in [-0.39, 0.29) is 11.7 Å². The monoisotopic (exact) mass is 469 g/mol. The number of nitrogens with zero attached hydrogens (tertiary/aromatic N) is 1. The number of rotatable bonds is 4. The Morgan fingerprint density at radius 1 is 1.00 bits per heavy atom.